The van der Waals surface area contributed by atoms with Gasteiger partial charge in [-0.15, -0.1) is 0 Å². The van der Waals surface area contributed by atoms with Crippen LogP contribution in [-0.4, -0.2) is 21.9 Å². The molecule has 0 aliphatic rings. The van der Waals surface area contributed by atoms with Crippen LogP contribution in [0.15, 0.2) is 41.5 Å². The highest BCUT2D eigenvalue weighted by Gasteiger charge is 2.08. The van der Waals surface area contributed by atoms with Gasteiger partial charge < -0.3 is 9.67 Å². The second kappa shape index (κ2) is 5.06. The fraction of sp³-hybridized carbons (Fsp3) is 0.0769. The first-order valence-corrected chi connectivity index (χ1v) is 5.64. The Morgan fingerprint density at radius 1 is 1.44 bits per heavy atom. The van der Waals surface area contributed by atoms with Gasteiger partial charge in [0.25, 0.3) is 0 Å². The lowest BCUT2D eigenvalue weighted by Crippen LogP contribution is -1.96. The van der Waals surface area contributed by atoms with Crippen LogP contribution in [0.3, 0.4) is 0 Å². The van der Waals surface area contributed by atoms with E-state index in [4.69, 9.17) is 16.7 Å². The second-order valence-corrected chi connectivity index (χ2v) is 4.18. The summed E-state index contributed by atoms with van der Waals surface area (Å²) in [5.41, 5.74) is 1.54. The summed E-state index contributed by atoms with van der Waals surface area (Å²) in [6.07, 6.45) is 3.58. The van der Waals surface area contributed by atoms with E-state index >= 15 is 0 Å². The molecule has 5 heteroatoms. The maximum atomic E-state index is 10.9. The molecule has 0 radical (unpaired) electrons. The topological polar surface area (TPSA) is 54.6 Å². The van der Waals surface area contributed by atoms with Gasteiger partial charge in [-0.05, 0) is 30.3 Å². The number of aromatic carboxylic acids is 1. The molecule has 1 aromatic carbocycles. The monoisotopic (exact) mass is 262 g/mol. The van der Waals surface area contributed by atoms with E-state index in [9.17, 15) is 4.79 Å². The third-order valence-corrected chi connectivity index (χ3v) is 2.84. The number of hydrogen-bond acceptors (Lipinski definition) is 2. The standard InChI is InChI=1S/C13H11ClN2O2/c1-16-6-2-3-10(16)8-15-9-4-5-12(14)11(7-9)13(17)18/h2-8H,1H3,(H,17,18). The number of carboxylic acids is 1. The Kier molecular flexibility index (Phi) is 3.48. The lowest BCUT2D eigenvalue weighted by molar-refractivity contribution is 0.0697. The molecule has 1 N–H and O–H groups in total. The Bertz CT molecular complexity index is 617. The number of halogens is 1. The van der Waals surface area contributed by atoms with Gasteiger partial charge in [-0.25, -0.2) is 4.79 Å². The number of rotatable bonds is 3. The van der Waals surface area contributed by atoms with Gasteiger partial charge in [-0.3, -0.25) is 4.99 Å². The number of benzene rings is 1. The number of hydrogen-bond donors (Lipinski definition) is 1. The average Bonchev–Trinajstić information content (AvgIpc) is 2.73. The second-order valence-electron chi connectivity index (χ2n) is 3.77. The minimum Gasteiger partial charge on any atom is -0.478 e. The van der Waals surface area contributed by atoms with E-state index in [2.05, 4.69) is 4.99 Å². The van der Waals surface area contributed by atoms with Crippen LogP contribution in [0.25, 0.3) is 0 Å². The maximum absolute atomic E-state index is 10.9. The Balaban J connectivity index is 2.30. The van der Waals surface area contributed by atoms with E-state index < -0.39 is 5.97 Å². The van der Waals surface area contributed by atoms with E-state index in [-0.39, 0.29) is 10.6 Å². The van der Waals surface area contributed by atoms with E-state index in [1.165, 1.54) is 12.1 Å². The predicted octanol–water partition coefficient (Wildman–Crippen LogP) is 3.13. The van der Waals surface area contributed by atoms with E-state index in [1.54, 1.807) is 12.3 Å². The molecule has 1 heterocycles. The summed E-state index contributed by atoms with van der Waals surface area (Å²) < 4.78 is 1.91. The molecule has 92 valence electrons. The molecule has 0 spiro atoms. The van der Waals surface area contributed by atoms with Gasteiger partial charge in [-0.1, -0.05) is 11.6 Å². The Morgan fingerprint density at radius 3 is 2.83 bits per heavy atom. The minimum atomic E-state index is -1.06. The van der Waals surface area contributed by atoms with Gasteiger partial charge >= 0.3 is 5.97 Å². The zero-order chi connectivity index (χ0) is 13.1. The quantitative estimate of drug-likeness (QED) is 0.864. The van der Waals surface area contributed by atoms with Crippen LogP contribution in [0.2, 0.25) is 5.02 Å². The maximum Gasteiger partial charge on any atom is 0.337 e. The van der Waals surface area contributed by atoms with E-state index in [0.717, 1.165) is 5.69 Å². The molecule has 0 fully saturated rings. The van der Waals surface area contributed by atoms with Crippen LogP contribution in [0.1, 0.15) is 16.1 Å². The Morgan fingerprint density at radius 2 is 2.22 bits per heavy atom. The molecule has 4 nitrogen and oxygen atoms in total. The highest BCUT2D eigenvalue weighted by atomic mass is 35.5. The summed E-state index contributed by atoms with van der Waals surface area (Å²) in [5.74, 6) is -1.06. The third-order valence-electron chi connectivity index (χ3n) is 2.51. The van der Waals surface area contributed by atoms with Crippen molar-refractivity contribution < 1.29 is 9.90 Å². The van der Waals surface area contributed by atoms with Crippen molar-refractivity contribution in [3.8, 4) is 0 Å². The van der Waals surface area contributed by atoms with E-state index in [0.29, 0.717) is 5.69 Å². The normalized spacial score (nSPS) is 11.0. The molecule has 0 aliphatic carbocycles. The molecule has 0 amide bonds. The molecular weight excluding hydrogens is 252 g/mol. The van der Waals surface area contributed by atoms with Crippen molar-refractivity contribution in [1.29, 1.82) is 0 Å². The summed E-state index contributed by atoms with van der Waals surface area (Å²) in [5, 5.41) is 9.15. The first-order valence-electron chi connectivity index (χ1n) is 5.26. The molecular formula is C13H11ClN2O2. The van der Waals surface area contributed by atoms with Crippen molar-refractivity contribution in [2.24, 2.45) is 12.0 Å². The third kappa shape index (κ3) is 2.60. The fourth-order valence-corrected chi connectivity index (χ4v) is 1.70. The van der Waals surface area contributed by atoms with Crippen LogP contribution < -0.4 is 0 Å². The minimum absolute atomic E-state index is 0.0539. The molecule has 0 saturated carbocycles. The number of aromatic nitrogens is 1. The van der Waals surface area contributed by atoms with Gasteiger partial charge in [0.15, 0.2) is 0 Å². The fourth-order valence-electron chi connectivity index (χ4n) is 1.51. The van der Waals surface area contributed by atoms with Crippen molar-refractivity contribution in [2.75, 3.05) is 0 Å². The molecule has 2 rings (SSSR count). The van der Waals surface area contributed by atoms with Gasteiger partial charge in [0, 0.05) is 13.2 Å². The van der Waals surface area contributed by atoms with Crippen molar-refractivity contribution in [1.82, 2.24) is 4.57 Å². The van der Waals surface area contributed by atoms with Gasteiger partial charge in [-0.2, -0.15) is 0 Å². The number of aryl methyl sites for hydroxylation is 1. The molecule has 0 aliphatic heterocycles. The first kappa shape index (κ1) is 12.4. The van der Waals surface area contributed by atoms with Crippen LogP contribution in [0.4, 0.5) is 5.69 Å². The Labute approximate surface area is 109 Å². The van der Waals surface area contributed by atoms with Crippen molar-refractivity contribution in [3.05, 3.63) is 52.8 Å². The summed E-state index contributed by atoms with van der Waals surface area (Å²) in [6.45, 7) is 0. The summed E-state index contributed by atoms with van der Waals surface area (Å²) >= 11 is 5.78. The molecule has 0 bridgehead atoms. The summed E-state index contributed by atoms with van der Waals surface area (Å²) in [7, 11) is 1.91. The number of nitrogens with zero attached hydrogens (tertiary/aromatic N) is 2. The number of carboxylic acid groups (broad SMARTS) is 1. The highest BCUT2D eigenvalue weighted by Crippen LogP contribution is 2.22. The molecule has 18 heavy (non-hydrogen) atoms. The summed E-state index contributed by atoms with van der Waals surface area (Å²) in [6, 6.07) is 8.48. The van der Waals surface area contributed by atoms with Crippen LogP contribution >= 0.6 is 11.6 Å². The molecule has 0 saturated heterocycles. The van der Waals surface area contributed by atoms with Crippen LogP contribution in [0.5, 0.6) is 0 Å². The number of carbonyl (C=O) groups is 1. The highest BCUT2D eigenvalue weighted by molar-refractivity contribution is 6.33. The smallest absolute Gasteiger partial charge is 0.337 e. The van der Waals surface area contributed by atoms with Crippen molar-refractivity contribution in [2.45, 2.75) is 0 Å². The van der Waals surface area contributed by atoms with Crippen LogP contribution in [-0.2, 0) is 7.05 Å². The largest absolute Gasteiger partial charge is 0.478 e. The molecule has 2 aromatic rings. The molecule has 0 unspecified atom stereocenters. The SMILES string of the molecule is Cn1cccc1C=Nc1ccc(Cl)c(C(=O)O)c1. The zero-order valence-corrected chi connectivity index (χ0v) is 10.4. The lowest BCUT2D eigenvalue weighted by Gasteiger charge is -2.00. The summed E-state index contributed by atoms with van der Waals surface area (Å²) in [4.78, 5) is 15.1. The van der Waals surface area contributed by atoms with E-state index in [1.807, 2.05) is 29.9 Å². The van der Waals surface area contributed by atoms with Crippen LogP contribution in [0, 0.1) is 0 Å². The zero-order valence-electron chi connectivity index (χ0n) is 9.67. The molecule has 1 aromatic heterocycles. The number of aliphatic imine (C=N–C) groups is 1. The van der Waals surface area contributed by atoms with Crippen molar-refractivity contribution in [3.63, 3.8) is 0 Å². The van der Waals surface area contributed by atoms with Gasteiger partial charge in [0.05, 0.1) is 28.2 Å². The Hall–Kier alpha value is -2.07. The van der Waals surface area contributed by atoms with Gasteiger partial charge in [0.1, 0.15) is 0 Å². The molecule has 0 atom stereocenters. The average molecular weight is 263 g/mol. The predicted molar refractivity (Wildman–Crippen MR) is 71.1 cm³/mol. The van der Waals surface area contributed by atoms with Gasteiger partial charge in [0.2, 0.25) is 0 Å². The first-order chi connectivity index (χ1) is 8.58. The van der Waals surface area contributed by atoms with Crippen molar-refractivity contribution >= 4 is 29.5 Å². The lowest BCUT2D eigenvalue weighted by atomic mass is 10.2.